The number of thioether (sulfide) groups is 1. The molecule has 0 aliphatic heterocycles. The summed E-state index contributed by atoms with van der Waals surface area (Å²) >= 11 is 2.99. The fourth-order valence-electron chi connectivity index (χ4n) is 1.15. The zero-order valence-electron chi connectivity index (χ0n) is 9.80. The molecule has 18 heavy (non-hydrogen) atoms. The van der Waals surface area contributed by atoms with Gasteiger partial charge in [0.05, 0.1) is 12.3 Å². The van der Waals surface area contributed by atoms with Crippen LogP contribution in [0.15, 0.2) is 17.5 Å². The second-order valence-corrected chi connectivity index (χ2v) is 5.78. The van der Waals surface area contributed by atoms with Gasteiger partial charge < -0.3 is 16.2 Å². The highest BCUT2D eigenvalue weighted by Crippen LogP contribution is 2.08. The van der Waals surface area contributed by atoms with Gasteiger partial charge in [0.25, 0.3) is 0 Å². The maximum atomic E-state index is 11.4. The molecule has 0 aliphatic rings. The normalized spacial score (nSPS) is 12.1. The molecule has 0 saturated heterocycles. The summed E-state index contributed by atoms with van der Waals surface area (Å²) in [6, 6.07) is 3.06. The smallest absolute Gasteiger partial charge is 0.320 e. The molecule has 5 nitrogen and oxygen atoms in total. The van der Waals surface area contributed by atoms with E-state index in [1.807, 2.05) is 17.5 Å². The number of aliphatic carboxylic acids is 1. The van der Waals surface area contributed by atoms with Crippen LogP contribution in [0.2, 0.25) is 0 Å². The zero-order valence-corrected chi connectivity index (χ0v) is 11.4. The van der Waals surface area contributed by atoms with Crippen LogP contribution < -0.4 is 11.1 Å². The average molecular weight is 288 g/mol. The second-order valence-electron chi connectivity index (χ2n) is 3.64. The molecule has 0 aromatic carbocycles. The third kappa shape index (κ3) is 6.04. The number of amides is 1. The highest BCUT2D eigenvalue weighted by molar-refractivity contribution is 7.99. The molecule has 1 rings (SSSR count). The van der Waals surface area contributed by atoms with Gasteiger partial charge in [-0.3, -0.25) is 9.59 Å². The predicted molar refractivity (Wildman–Crippen MR) is 73.7 cm³/mol. The summed E-state index contributed by atoms with van der Waals surface area (Å²) in [7, 11) is 0. The second kappa shape index (κ2) is 8.12. The molecular formula is C11H16N2O3S2. The number of carbonyl (C=O) groups excluding carboxylic acids is 1. The van der Waals surface area contributed by atoms with Crippen molar-refractivity contribution >= 4 is 35.0 Å². The van der Waals surface area contributed by atoms with Crippen LogP contribution in [-0.2, 0) is 16.1 Å². The first-order chi connectivity index (χ1) is 8.59. The predicted octanol–water partition coefficient (Wildman–Crippen LogP) is 0.899. The maximum Gasteiger partial charge on any atom is 0.320 e. The Kier molecular flexibility index (Phi) is 6.77. The number of carboxylic acids is 1. The topological polar surface area (TPSA) is 92.4 Å². The molecule has 1 aromatic rings. The minimum Gasteiger partial charge on any atom is -0.480 e. The molecular weight excluding hydrogens is 272 g/mol. The van der Waals surface area contributed by atoms with Gasteiger partial charge in [0.15, 0.2) is 0 Å². The van der Waals surface area contributed by atoms with Crippen molar-refractivity contribution in [1.29, 1.82) is 0 Å². The van der Waals surface area contributed by atoms with Crippen molar-refractivity contribution in [1.82, 2.24) is 5.32 Å². The van der Waals surface area contributed by atoms with Crippen LogP contribution in [0.1, 0.15) is 11.3 Å². The van der Waals surface area contributed by atoms with E-state index >= 15 is 0 Å². The lowest BCUT2D eigenvalue weighted by Crippen LogP contribution is -2.30. The van der Waals surface area contributed by atoms with Crippen LogP contribution in [0.25, 0.3) is 0 Å². The van der Waals surface area contributed by atoms with Gasteiger partial charge in [-0.15, -0.1) is 11.3 Å². The number of nitrogens with one attached hydrogen (secondary N) is 1. The summed E-state index contributed by atoms with van der Waals surface area (Å²) in [6.07, 6.45) is 0.373. The molecule has 4 N–H and O–H groups in total. The number of hydrogen-bond acceptors (Lipinski definition) is 5. The molecule has 0 aliphatic carbocycles. The van der Waals surface area contributed by atoms with E-state index in [1.165, 1.54) is 11.8 Å². The standard InChI is InChI=1S/C11H16N2O3S2/c12-9(11(15)16)3-5-17-7-10(14)13-6-8-2-1-4-18-8/h1-2,4,9H,3,5-7,12H2,(H,13,14)(H,15,16). The first-order valence-corrected chi connectivity index (χ1v) is 7.48. The SMILES string of the molecule is NC(CCSCC(=O)NCc1cccs1)C(=O)O. The van der Waals surface area contributed by atoms with Crippen molar-refractivity contribution in [3.63, 3.8) is 0 Å². The van der Waals surface area contributed by atoms with Gasteiger partial charge in [-0.05, 0) is 23.6 Å². The van der Waals surface area contributed by atoms with Crippen LogP contribution in [0.5, 0.6) is 0 Å². The molecule has 0 saturated carbocycles. The van der Waals surface area contributed by atoms with Crippen molar-refractivity contribution in [2.75, 3.05) is 11.5 Å². The van der Waals surface area contributed by atoms with Crippen molar-refractivity contribution < 1.29 is 14.7 Å². The summed E-state index contributed by atoms with van der Waals surface area (Å²) < 4.78 is 0. The molecule has 7 heteroatoms. The van der Waals surface area contributed by atoms with Crippen molar-refractivity contribution in [3.05, 3.63) is 22.4 Å². The third-order valence-electron chi connectivity index (χ3n) is 2.16. The van der Waals surface area contributed by atoms with Crippen LogP contribution in [0, 0.1) is 0 Å². The van der Waals surface area contributed by atoms with Crippen molar-refractivity contribution in [2.45, 2.75) is 19.0 Å². The highest BCUT2D eigenvalue weighted by Gasteiger charge is 2.11. The Morgan fingerprint density at radius 1 is 1.56 bits per heavy atom. The third-order valence-corrected chi connectivity index (χ3v) is 4.03. The highest BCUT2D eigenvalue weighted by atomic mass is 32.2. The Morgan fingerprint density at radius 3 is 2.94 bits per heavy atom. The molecule has 0 spiro atoms. The number of nitrogens with two attached hydrogens (primary N) is 1. The average Bonchev–Trinajstić information content (AvgIpc) is 2.84. The minimum absolute atomic E-state index is 0.0442. The largest absolute Gasteiger partial charge is 0.480 e. The number of rotatable bonds is 8. The molecule has 0 fully saturated rings. The molecule has 1 atom stereocenters. The van der Waals surface area contributed by atoms with E-state index < -0.39 is 12.0 Å². The molecule has 0 bridgehead atoms. The Balaban J connectivity index is 2.05. The Morgan fingerprint density at radius 2 is 2.33 bits per heavy atom. The van der Waals surface area contributed by atoms with Gasteiger partial charge in [-0.25, -0.2) is 0 Å². The first-order valence-electron chi connectivity index (χ1n) is 5.45. The minimum atomic E-state index is -1.00. The van der Waals surface area contributed by atoms with Gasteiger partial charge in [0.1, 0.15) is 6.04 Å². The zero-order chi connectivity index (χ0) is 13.4. The molecule has 1 heterocycles. The summed E-state index contributed by atoms with van der Waals surface area (Å²) in [6.45, 7) is 0.547. The van der Waals surface area contributed by atoms with E-state index in [-0.39, 0.29) is 5.91 Å². The fraction of sp³-hybridized carbons (Fsp3) is 0.455. The Bertz CT molecular complexity index is 382. The maximum absolute atomic E-state index is 11.4. The number of carboxylic acid groups (broad SMARTS) is 1. The van der Waals surface area contributed by atoms with Gasteiger partial charge in [0, 0.05) is 4.88 Å². The molecule has 100 valence electrons. The van der Waals surface area contributed by atoms with Gasteiger partial charge in [-0.2, -0.15) is 11.8 Å². The monoisotopic (exact) mass is 288 g/mol. The van der Waals surface area contributed by atoms with Gasteiger partial charge in [-0.1, -0.05) is 6.07 Å². The van der Waals surface area contributed by atoms with E-state index in [0.29, 0.717) is 24.5 Å². The van der Waals surface area contributed by atoms with E-state index in [2.05, 4.69) is 5.32 Å². The van der Waals surface area contributed by atoms with Gasteiger partial charge >= 0.3 is 5.97 Å². The summed E-state index contributed by atoms with van der Waals surface area (Å²) in [5.74, 6) is -0.146. The van der Waals surface area contributed by atoms with Crippen LogP contribution >= 0.6 is 23.1 Å². The number of thiophene rings is 1. The van der Waals surface area contributed by atoms with E-state index in [1.54, 1.807) is 11.3 Å². The molecule has 0 radical (unpaired) electrons. The lowest BCUT2D eigenvalue weighted by Gasteiger charge is -2.06. The van der Waals surface area contributed by atoms with Crippen LogP contribution in [-0.4, -0.2) is 34.5 Å². The lowest BCUT2D eigenvalue weighted by atomic mass is 10.2. The van der Waals surface area contributed by atoms with E-state index in [9.17, 15) is 9.59 Å². The Hall–Kier alpha value is -1.05. The fourth-order valence-corrected chi connectivity index (χ4v) is 2.65. The quantitative estimate of drug-likeness (QED) is 0.618. The van der Waals surface area contributed by atoms with Gasteiger partial charge in [0.2, 0.25) is 5.91 Å². The molecule has 1 aromatic heterocycles. The summed E-state index contributed by atoms with van der Waals surface area (Å²) in [5, 5.41) is 13.3. The Labute approximate surface area is 114 Å². The molecule has 1 amide bonds. The first kappa shape index (κ1) is 15.0. The van der Waals surface area contributed by atoms with Crippen molar-refractivity contribution in [2.24, 2.45) is 5.73 Å². The molecule has 1 unspecified atom stereocenters. The van der Waals surface area contributed by atoms with Crippen molar-refractivity contribution in [3.8, 4) is 0 Å². The lowest BCUT2D eigenvalue weighted by molar-refractivity contribution is -0.138. The van der Waals surface area contributed by atoms with Crippen LogP contribution in [0.4, 0.5) is 0 Å². The number of carbonyl (C=O) groups is 2. The van der Waals surface area contributed by atoms with E-state index in [0.717, 1.165) is 4.88 Å². The summed E-state index contributed by atoms with van der Waals surface area (Å²) in [4.78, 5) is 23.0. The van der Waals surface area contributed by atoms with E-state index in [4.69, 9.17) is 10.8 Å². The van der Waals surface area contributed by atoms with Crippen LogP contribution in [0.3, 0.4) is 0 Å². The number of hydrogen-bond donors (Lipinski definition) is 3. The summed E-state index contributed by atoms with van der Waals surface area (Å²) in [5.41, 5.74) is 5.34.